The van der Waals surface area contributed by atoms with Gasteiger partial charge in [0.05, 0.1) is 0 Å². The van der Waals surface area contributed by atoms with Crippen LogP contribution < -0.4 is 0 Å². The number of ether oxygens (including phenoxy) is 2. The minimum Gasteiger partial charge on any atom is -0.460 e. The predicted molar refractivity (Wildman–Crippen MR) is 65.7 cm³/mol. The van der Waals surface area contributed by atoms with E-state index in [1.807, 2.05) is 0 Å². The van der Waals surface area contributed by atoms with E-state index in [1.54, 1.807) is 0 Å². The van der Waals surface area contributed by atoms with E-state index < -0.39 is 0 Å². The second kappa shape index (κ2) is 6.39. The fourth-order valence-corrected chi connectivity index (χ4v) is 2.93. The highest BCUT2D eigenvalue weighted by atomic mass is 16.6. The molecule has 2 heterocycles. The van der Waals surface area contributed by atoms with Crippen molar-refractivity contribution in [3.63, 3.8) is 0 Å². The highest BCUT2D eigenvalue weighted by Gasteiger charge is 2.47. The fraction of sp³-hybridized carbons (Fsp3) is 0.929. The van der Waals surface area contributed by atoms with Crippen LogP contribution in [-0.4, -0.2) is 24.8 Å². The molecule has 0 aromatic heterocycles. The normalized spacial score (nSPS) is 31.6. The highest BCUT2D eigenvalue weighted by Crippen LogP contribution is 2.35. The molecule has 0 radical (unpaired) electrons. The summed E-state index contributed by atoms with van der Waals surface area (Å²) in [4.78, 5) is 11.5. The fourth-order valence-electron chi connectivity index (χ4n) is 2.93. The van der Waals surface area contributed by atoms with Gasteiger partial charge in [-0.15, -0.1) is 0 Å². The third-order valence-electron chi connectivity index (χ3n) is 3.96. The van der Waals surface area contributed by atoms with Crippen molar-refractivity contribution in [2.24, 2.45) is 5.92 Å². The maximum absolute atomic E-state index is 11.5. The van der Waals surface area contributed by atoms with Crippen LogP contribution in [0.5, 0.6) is 0 Å². The molecule has 3 heteroatoms. The van der Waals surface area contributed by atoms with Crippen LogP contribution in [0.25, 0.3) is 0 Å². The third kappa shape index (κ3) is 3.21. The largest absolute Gasteiger partial charge is 0.460 e. The maximum Gasteiger partial charge on any atom is 0.335 e. The minimum absolute atomic E-state index is 0.122. The molecule has 0 N–H and O–H groups in total. The molecule has 17 heavy (non-hydrogen) atoms. The summed E-state index contributed by atoms with van der Waals surface area (Å²) in [5, 5.41) is 0. The van der Waals surface area contributed by atoms with Gasteiger partial charge in [0.25, 0.3) is 0 Å². The predicted octanol–water partition coefficient (Wildman–Crippen LogP) is 3.07. The molecule has 2 rings (SSSR count). The van der Waals surface area contributed by atoms with Crippen molar-refractivity contribution in [3.05, 3.63) is 0 Å². The quantitative estimate of drug-likeness (QED) is 0.507. The van der Waals surface area contributed by atoms with E-state index in [2.05, 4.69) is 6.92 Å². The topological polar surface area (TPSA) is 35.5 Å². The number of fused-ring (bicyclic) bond motifs is 1. The Morgan fingerprint density at radius 3 is 2.76 bits per heavy atom. The lowest BCUT2D eigenvalue weighted by atomic mass is 9.93. The Kier molecular flexibility index (Phi) is 4.84. The molecule has 2 saturated heterocycles. The monoisotopic (exact) mass is 240 g/mol. The molecule has 2 aliphatic heterocycles. The Labute approximate surface area is 104 Å². The molecule has 3 nitrogen and oxygen atoms in total. The van der Waals surface area contributed by atoms with E-state index in [0.29, 0.717) is 5.92 Å². The Balaban J connectivity index is 1.61. The first kappa shape index (κ1) is 12.9. The molecular formula is C14H24O3. The molecule has 0 unspecified atom stereocenters. The van der Waals surface area contributed by atoms with Crippen LogP contribution in [0.2, 0.25) is 0 Å². The number of carbonyl (C=O) groups excluding carboxylic acids is 1. The van der Waals surface area contributed by atoms with Gasteiger partial charge in [0.2, 0.25) is 0 Å². The van der Waals surface area contributed by atoms with Gasteiger partial charge in [-0.3, -0.25) is 0 Å². The number of hydrogen-bond donors (Lipinski definition) is 0. The van der Waals surface area contributed by atoms with E-state index >= 15 is 0 Å². The van der Waals surface area contributed by atoms with Gasteiger partial charge in [-0.05, 0) is 19.3 Å². The van der Waals surface area contributed by atoms with Crippen molar-refractivity contribution in [2.75, 3.05) is 6.61 Å². The van der Waals surface area contributed by atoms with Crippen LogP contribution in [0.4, 0.5) is 0 Å². The molecule has 0 amide bonds. The first-order valence-electron chi connectivity index (χ1n) is 7.15. The van der Waals surface area contributed by atoms with Crippen molar-refractivity contribution in [3.8, 4) is 0 Å². The number of carbonyl (C=O) groups is 1. The van der Waals surface area contributed by atoms with Gasteiger partial charge in [-0.2, -0.15) is 0 Å². The number of cyclic esters (lactones) is 1. The van der Waals surface area contributed by atoms with Crippen LogP contribution in [-0.2, 0) is 14.3 Å². The second-order valence-corrected chi connectivity index (χ2v) is 5.28. The van der Waals surface area contributed by atoms with Crippen LogP contribution in [0.15, 0.2) is 0 Å². The maximum atomic E-state index is 11.5. The average molecular weight is 240 g/mol. The van der Waals surface area contributed by atoms with Crippen LogP contribution in [0.3, 0.4) is 0 Å². The Morgan fingerprint density at radius 2 is 1.94 bits per heavy atom. The van der Waals surface area contributed by atoms with Crippen molar-refractivity contribution in [2.45, 2.75) is 70.5 Å². The van der Waals surface area contributed by atoms with Gasteiger partial charge in [0.1, 0.15) is 6.10 Å². The average Bonchev–Trinajstić information content (AvgIpc) is 2.89. The summed E-state index contributed by atoms with van der Waals surface area (Å²) >= 11 is 0. The van der Waals surface area contributed by atoms with Gasteiger partial charge in [-0.1, -0.05) is 39.0 Å². The molecule has 0 bridgehead atoms. The van der Waals surface area contributed by atoms with E-state index in [-0.39, 0.29) is 18.2 Å². The zero-order chi connectivity index (χ0) is 12.1. The lowest BCUT2D eigenvalue weighted by molar-refractivity contribution is -0.149. The summed E-state index contributed by atoms with van der Waals surface area (Å²) in [6.45, 7) is 2.97. The molecule has 0 aromatic rings. The van der Waals surface area contributed by atoms with E-state index in [9.17, 15) is 4.79 Å². The van der Waals surface area contributed by atoms with Crippen molar-refractivity contribution in [1.82, 2.24) is 0 Å². The summed E-state index contributed by atoms with van der Waals surface area (Å²) in [6.07, 6.45) is 9.69. The Bertz CT molecular complexity index is 252. The van der Waals surface area contributed by atoms with Gasteiger partial charge < -0.3 is 9.47 Å². The highest BCUT2D eigenvalue weighted by molar-refractivity contribution is 5.77. The van der Waals surface area contributed by atoms with Crippen molar-refractivity contribution < 1.29 is 14.3 Å². The summed E-state index contributed by atoms with van der Waals surface area (Å²) in [6, 6.07) is 0. The zero-order valence-electron chi connectivity index (χ0n) is 10.8. The lowest BCUT2D eigenvalue weighted by Crippen LogP contribution is -2.20. The third-order valence-corrected chi connectivity index (χ3v) is 3.96. The van der Waals surface area contributed by atoms with E-state index in [4.69, 9.17) is 9.47 Å². The van der Waals surface area contributed by atoms with E-state index in [0.717, 1.165) is 19.4 Å². The van der Waals surface area contributed by atoms with Crippen LogP contribution in [0.1, 0.15) is 58.3 Å². The zero-order valence-corrected chi connectivity index (χ0v) is 10.8. The first-order chi connectivity index (χ1) is 8.33. The van der Waals surface area contributed by atoms with Crippen LogP contribution in [0, 0.1) is 5.92 Å². The number of hydrogen-bond acceptors (Lipinski definition) is 3. The number of rotatable bonds is 7. The van der Waals surface area contributed by atoms with Crippen molar-refractivity contribution >= 4 is 5.97 Å². The summed E-state index contributed by atoms with van der Waals surface area (Å²) in [7, 11) is 0. The molecule has 2 aliphatic rings. The van der Waals surface area contributed by atoms with Crippen molar-refractivity contribution in [1.29, 1.82) is 0 Å². The Morgan fingerprint density at radius 1 is 1.18 bits per heavy atom. The van der Waals surface area contributed by atoms with Gasteiger partial charge in [-0.25, -0.2) is 4.79 Å². The molecule has 0 aliphatic carbocycles. The standard InChI is InChI=1S/C14H24O3/c1-2-3-4-5-6-7-8-12-11-9-10-16-13(11)14(15)17-12/h11-13H,2-10H2,1H3/t11-,12-,13-/m1/s1. The van der Waals surface area contributed by atoms with Gasteiger partial charge in [0.15, 0.2) is 6.10 Å². The molecule has 0 saturated carbocycles. The van der Waals surface area contributed by atoms with Gasteiger partial charge >= 0.3 is 5.97 Å². The SMILES string of the molecule is CCCCCCCC[C@H]1OC(=O)[C@@H]2OCC[C@H]12. The molecular weight excluding hydrogens is 216 g/mol. The van der Waals surface area contributed by atoms with Crippen LogP contribution >= 0.6 is 0 Å². The minimum atomic E-state index is -0.236. The molecule has 98 valence electrons. The van der Waals surface area contributed by atoms with Gasteiger partial charge in [0, 0.05) is 12.5 Å². The summed E-state index contributed by atoms with van der Waals surface area (Å²) in [5.41, 5.74) is 0. The molecule has 2 fully saturated rings. The van der Waals surface area contributed by atoms with E-state index in [1.165, 1.54) is 38.5 Å². The smallest absolute Gasteiger partial charge is 0.335 e. The molecule has 0 spiro atoms. The Hall–Kier alpha value is -0.570. The molecule has 3 atom stereocenters. The lowest BCUT2D eigenvalue weighted by Gasteiger charge is -2.14. The molecule has 0 aromatic carbocycles. The summed E-state index contributed by atoms with van der Waals surface area (Å²) in [5.74, 6) is 0.224. The summed E-state index contributed by atoms with van der Waals surface area (Å²) < 4.78 is 10.8. The number of esters is 1. The first-order valence-corrected chi connectivity index (χ1v) is 7.15. The second-order valence-electron chi connectivity index (χ2n) is 5.28. The number of unbranched alkanes of at least 4 members (excludes halogenated alkanes) is 5.